The third-order valence-electron chi connectivity index (χ3n) is 3.86. The second-order valence-corrected chi connectivity index (χ2v) is 4.38. The summed E-state index contributed by atoms with van der Waals surface area (Å²) >= 11 is 0. The Labute approximate surface area is 84.6 Å². The number of esters is 1. The zero-order chi connectivity index (χ0) is 10.8. The number of carbonyl (C=O) groups excluding carboxylic acids is 1. The topological polar surface area (TPSA) is 75.6 Å². The molecule has 5 nitrogen and oxygen atoms in total. The maximum Gasteiger partial charge on any atom is 0.331 e. The zero-order valence-electron chi connectivity index (χ0n) is 7.77. The Hall–Kier alpha value is -1.17. The molecular weight excluding hydrogens is 205 g/mol. The first kappa shape index (κ1) is 9.08. The highest BCUT2D eigenvalue weighted by Crippen LogP contribution is 2.64. The fourth-order valence-corrected chi connectivity index (χ4v) is 3.16. The molecule has 3 rings (SSSR count). The lowest BCUT2D eigenvalue weighted by atomic mass is 9.89. The van der Waals surface area contributed by atoms with E-state index in [-0.39, 0.29) is 19.1 Å². The number of alkyl halides is 1. The van der Waals surface area contributed by atoms with Crippen molar-refractivity contribution in [2.24, 2.45) is 17.8 Å². The number of carboxylic acids is 1. The van der Waals surface area contributed by atoms with Gasteiger partial charge < -0.3 is 9.84 Å². The fourth-order valence-electron chi connectivity index (χ4n) is 3.16. The molecule has 5 atom stereocenters. The molecule has 0 aromatic heterocycles. The Balaban J connectivity index is 1.95. The van der Waals surface area contributed by atoms with Crippen molar-refractivity contribution in [3.63, 3.8) is 0 Å². The second-order valence-electron chi connectivity index (χ2n) is 4.38. The van der Waals surface area contributed by atoms with Crippen LogP contribution in [-0.4, -0.2) is 35.5 Å². The summed E-state index contributed by atoms with van der Waals surface area (Å²) in [6, 6.07) is 0. The standard InChI is InChI=1S/C9H10FNO4/c10-4-1-3-5(7(12)13)6(3)9(4)8(14)15-2-11-9/h3-6,11H,1-2H2,(H,12,13). The van der Waals surface area contributed by atoms with Gasteiger partial charge in [-0.1, -0.05) is 0 Å². The van der Waals surface area contributed by atoms with Gasteiger partial charge in [-0.15, -0.1) is 0 Å². The number of nitrogens with one attached hydrogen (secondary N) is 1. The van der Waals surface area contributed by atoms with Gasteiger partial charge in [-0.3, -0.25) is 10.1 Å². The van der Waals surface area contributed by atoms with Crippen LogP contribution in [0.25, 0.3) is 0 Å². The molecule has 1 saturated heterocycles. The van der Waals surface area contributed by atoms with Gasteiger partial charge in [0.25, 0.3) is 0 Å². The number of halogens is 1. The van der Waals surface area contributed by atoms with Crippen molar-refractivity contribution in [2.45, 2.75) is 18.1 Å². The molecule has 15 heavy (non-hydrogen) atoms. The lowest BCUT2D eigenvalue weighted by Gasteiger charge is -2.25. The van der Waals surface area contributed by atoms with Crippen molar-refractivity contribution in [1.29, 1.82) is 0 Å². The molecular formula is C9H10FNO4. The summed E-state index contributed by atoms with van der Waals surface area (Å²) < 4.78 is 18.4. The summed E-state index contributed by atoms with van der Waals surface area (Å²) in [5, 5.41) is 11.6. The SMILES string of the molecule is O=C(O)C1C2CC(F)C3(NCOC3=O)C21. The molecule has 0 aromatic carbocycles. The molecule has 3 aliphatic rings. The average molecular weight is 215 g/mol. The fraction of sp³-hybridized carbons (Fsp3) is 0.778. The minimum Gasteiger partial charge on any atom is -0.481 e. The number of rotatable bonds is 1. The molecule has 0 radical (unpaired) electrons. The average Bonchev–Trinajstić information content (AvgIpc) is 2.64. The van der Waals surface area contributed by atoms with Crippen molar-refractivity contribution in [3.8, 4) is 0 Å². The first-order valence-corrected chi connectivity index (χ1v) is 4.88. The minimum atomic E-state index is -1.37. The number of ether oxygens (including phenoxy) is 1. The summed E-state index contributed by atoms with van der Waals surface area (Å²) in [4.78, 5) is 22.3. The molecule has 2 N–H and O–H groups in total. The van der Waals surface area contributed by atoms with Crippen LogP contribution in [0.2, 0.25) is 0 Å². The quantitative estimate of drug-likeness (QED) is 0.578. The predicted molar refractivity (Wildman–Crippen MR) is 44.4 cm³/mol. The van der Waals surface area contributed by atoms with Crippen LogP contribution in [0, 0.1) is 17.8 Å². The molecule has 3 fully saturated rings. The highest BCUT2D eigenvalue weighted by molar-refractivity contribution is 5.88. The van der Waals surface area contributed by atoms with E-state index in [4.69, 9.17) is 9.84 Å². The largest absolute Gasteiger partial charge is 0.481 e. The Morgan fingerprint density at radius 3 is 2.93 bits per heavy atom. The molecule has 1 heterocycles. The summed E-state index contributed by atoms with van der Waals surface area (Å²) in [7, 11) is 0. The van der Waals surface area contributed by atoms with Gasteiger partial charge in [-0.2, -0.15) is 0 Å². The van der Waals surface area contributed by atoms with E-state index in [0.29, 0.717) is 0 Å². The van der Waals surface area contributed by atoms with E-state index < -0.39 is 35.5 Å². The molecule has 2 saturated carbocycles. The second kappa shape index (κ2) is 2.49. The summed E-state index contributed by atoms with van der Waals surface area (Å²) in [6.45, 7) is -0.0190. The van der Waals surface area contributed by atoms with Gasteiger partial charge in [0, 0.05) is 5.92 Å². The highest BCUT2D eigenvalue weighted by atomic mass is 19.1. The maximum atomic E-state index is 13.7. The Morgan fingerprint density at radius 2 is 2.40 bits per heavy atom. The molecule has 1 aliphatic heterocycles. The van der Waals surface area contributed by atoms with Crippen molar-refractivity contribution >= 4 is 11.9 Å². The first-order valence-electron chi connectivity index (χ1n) is 4.88. The molecule has 5 unspecified atom stereocenters. The maximum absolute atomic E-state index is 13.7. The van der Waals surface area contributed by atoms with Crippen LogP contribution < -0.4 is 5.32 Å². The van der Waals surface area contributed by atoms with Crippen molar-refractivity contribution < 1.29 is 23.8 Å². The highest BCUT2D eigenvalue weighted by Gasteiger charge is 2.77. The van der Waals surface area contributed by atoms with Crippen molar-refractivity contribution in [1.82, 2.24) is 5.32 Å². The van der Waals surface area contributed by atoms with Crippen LogP contribution in [-0.2, 0) is 14.3 Å². The molecule has 0 amide bonds. The van der Waals surface area contributed by atoms with Gasteiger partial charge in [0.05, 0.1) is 5.92 Å². The summed E-state index contributed by atoms with van der Waals surface area (Å²) in [5.41, 5.74) is -1.37. The van der Waals surface area contributed by atoms with E-state index in [2.05, 4.69) is 5.32 Å². The molecule has 6 heteroatoms. The van der Waals surface area contributed by atoms with E-state index in [1.54, 1.807) is 0 Å². The van der Waals surface area contributed by atoms with Gasteiger partial charge >= 0.3 is 11.9 Å². The zero-order valence-corrected chi connectivity index (χ0v) is 7.77. The Morgan fingerprint density at radius 1 is 1.67 bits per heavy atom. The third-order valence-corrected chi connectivity index (χ3v) is 3.86. The number of fused-ring (bicyclic) bond motifs is 2. The van der Waals surface area contributed by atoms with Crippen LogP contribution in [0.1, 0.15) is 6.42 Å². The van der Waals surface area contributed by atoms with Gasteiger partial charge in [-0.25, -0.2) is 9.18 Å². The Kier molecular flexibility index (Phi) is 1.51. The van der Waals surface area contributed by atoms with Gasteiger partial charge in [0.1, 0.15) is 12.9 Å². The van der Waals surface area contributed by atoms with Crippen molar-refractivity contribution in [2.75, 3.05) is 6.73 Å². The number of hydrogen-bond acceptors (Lipinski definition) is 4. The normalized spacial score (nSPS) is 51.7. The van der Waals surface area contributed by atoms with E-state index in [9.17, 15) is 14.0 Å². The van der Waals surface area contributed by atoms with E-state index in [1.807, 2.05) is 0 Å². The van der Waals surface area contributed by atoms with Crippen LogP contribution in [0.4, 0.5) is 4.39 Å². The van der Waals surface area contributed by atoms with E-state index in [0.717, 1.165) is 0 Å². The van der Waals surface area contributed by atoms with Crippen LogP contribution in [0.5, 0.6) is 0 Å². The molecule has 0 bridgehead atoms. The predicted octanol–water partition coefficient (Wildman–Crippen LogP) is -0.482. The molecule has 0 aromatic rings. The number of aliphatic carboxylic acids is 1. The molecule has 1 spiro atoms. The van der Waals surface area contributed by atoms with E-state index in [1.165, 1.54) is 0 Å². The monoisotopic (exact) mass is 215 g/mol. The smallest absolute Gasteiger partial charge is 0.331 e. The van der Waals surface area contributed by atoms with Crippen LogP contribution >= 0.6 is 0 Å². The lowest BCUT2D eigenvalue weighted by molar-refractivity contribution is -0.145. The summed E-state index contributed by atoms with van der Waals surface area (Å²) in [6.07, 6.45) is -1.18. The molecule has 2 aliphatic carbocycles. The van der Waals surface area contributed by atoms with Gasteiger partial charge in [0.2, 0.25) is 0 Å². The third kappa shape index (κ3) is 0.860. The summed E-state index contributed by atoms with van der Waals surface area (Å²) in [5.74, 6) is -2.81. The van der Waals surface area contributed by atoms with Crippen LogP contribution in [0.3, 0.4) is 0 Å². The molecule has 82 valence electrons. The van der Waals surface area contributed by atoms with Gasteiger partial charge in [-0.05, 0) is 12.3 Å². The number of carbonyl (C=O) groups is 2. The van der Waals surface area contributed by atoms with Crippen molar-refractivity contribution in [3.05, 3.63) is 0 Å². The number of cyclic esters (lactones) is 1. The minimum absolute atomic E-state index is 0.0190. The number of carboxylic acid groups (broad SMARTS) is 1. The Bertz CT molecular complexity index is 360. The van der Waals surface area contributed by atoms with E-state index >= 15 is 0 Å². The lowest BCUT2D eigenvalue weighted by Crippen LogP contribution is -2.54. The van der Waals surface area contributed by atoms with Gasteiger partial charge in [0.15, 0.2) is 5.54 Å². The first-order chi connectivity index (χ1) is 7.09. The number of hydrogen-bond donors (Lipinski definition) is 2. The van der Waals surface area contributed by atoms with Crippen LogP contribution in [0.15, 0.2) is 0 Å².